The fourth-order valence-corrected chi connectivity index (χ4v) is 8.78. The maximum atomic E-state index is 14.5. The smallest absolute Gasteiger partial charge is 0.241 e. The lowest BCUT2D eigenvalue weighted by Crippen LogP contribution is -2.48. The van der Waals surface area contributed by atoms with E-state index in [9.17, 15) is 28.7 Å². The number of ether oxygens (including phenoxy) is 1. The van der Waals surface area contributed by atoms with Crippen LogP contribution >= 0.6 is 45.8 Å². The predicted molar refractivity (Wildman–Crippen MR) is 177 cm³/mol. The number of amides is 4. The van der Waals surface area contributed by atoms with Gasteiger partial charge in [-0.1, -0.05) is 34.9 Å². The van der Waals surface area contributed by atoms with E-state index in [0.717, 1.165) is 20.1 Å². The number of allylic oxidation sites excluding steroid dienone is 2. The predicted octanol–water partition coefficient (Wildman–Crippen LogP) is 6.89. The number of hydrogen-bond donors (Lipinski definition) is 1. The van der Waals surface area contributed by atoms with Gasteiger partial charge < -0.3 is 9.84 Å². The molecule has 7 rings (SSSR count). The topological polar surface area (TPSA) is 104 Å². The van der Waals surface area contributed by atoms with Crippen molar-refractivity contribution in [2.75, 3.05) is 16.9 Å². The molecule has 12 heteroatoms. The summed E-state index contributed by atoms with van der Waals surface area (Å²) in [6.45, 7) is 1.71. The van der Waals surface area contributed by atoms with Crippen LogP contribution in [0.2, 0.25) is 10.0 Å². The Morgan fingerprint density at radius 2 is 1.61 bits per heavy atom. The van der Waals surface area contributed by atoms with E-state index in [0.29, 0.717) is 11.3 Å². The van der Waals surface area contributed by atoms with Crippen LogP contribution in [0.1, 0.15) is 31.2 Å². The van der Waals surface area contributed by atoms with Crippen molar-refractivity contribution in [3.05, 3.63) is 91.2 Å². The van der Waals surface area contributed by atoms with Crippen molar-refractivity contribution in [1.29, 1.82) is 0 Å². The molecule has 0 aromatic heterocycles. The standard InChI is InChI=1S/C34H26Cl2FIN2O6/c1-34-22(31(43)40(33(34)45)18-7-10-25(37)23(35)13-18)14-21-19(28(34)15-11-24(36)29(41)26(12-15)46-2)8-9-20-27(21)32(44)39(30(20)42)17-5-3-16(38)4-6-17/h3-8,10-13,20-22,27-28,41H,9,14H2,1-2H3. The highest BCUT2D eigenvalue weighted by Crippen LogP contribution is 2.64. The summed E-state index contributed by atoms with van der Waals surface area (Å²) in [5.74, 6) is -6.22. The third-order valence-corrected chi connectivity index (χ3v) is 11.4. The zero-order valence-corrected chi connectivity index (χ0v) is 28.1. The van der Waals surface area contributed by atoms with Gasteiger partial charge in [-0.2, -0.15) is 0 Å². The molecule has 6 unspecified atom stereocenters. The van der Waals surface area contributed by atoms with E-state index < -0.39 is 52.6 Å². The Morgan fingerprint density at radius 3 is 2.28 bits per heavy atom. The number of nitrogens with zero attached hydrogens (tertiary/aromatic N) is 2. The van der Waals surface area contributed by atoms with Gasteiger partial charge in [0.15, 0.2) is 11.5 Å². The first kappa shape index (κ1) is 31.1. The highest BCUT2D eigenvalue weighted by Gasteiger charge is 2.67. The number of phenolic OH excluding ortho intramolecular Hbond substituents is 1. The second-order valence-corrected chi connectivity index (χ2v) is 14.4. The van der Waals surface area contributed by atoms with Crippen LogP contribution in [0.5, 0.6) is 11.5 Å². The van der Waals surface area contributed by atoms with Crippen molar-refractivity contribution in [1.82, 2.24) is 0 Å². The van der Waals surface area contributed by atoms with Gasteiger partial charge >= 0.3 is 0 Å². The molecule has 0 bridgehead atoms. The molecule has 46 heavy (non-hydrogen) atoms. The van der Waals surface area contributed by atoms with Crippen LogP contribution in [-0.4, -0.2) is 35.8 Å². The number of hydrogen-bond acceptors (Lipinski definition) is 6. The molecule has 1 saturated carbocycles. The summed E-state index contributed by atoms with van der Waals surface area (Å²) in [7, 11) is 1.38. The van der Waals surface area contributed by atoms with Crippen molar-refractivity contribution < 1.29 is 33.4 Å². The van der Waals surface area contributed by atoms with Crippen LogP contribution in [0.3, 0.4) is 0 Å². The highest BCUT2D eigenvalue weighted by molar-refractivity contribution is 14.1. The summed E-state index contributed by atoms with van der Waals surface area (Å²) in [5.41, 5.74) is 0.483. The van der Waals surface area contributed by atoms with Gasteiger partial charge in [0.25, 0.3) is 0 Å². The number of aromatic hydroxyl groups is 1. The lowest BCUT2D eigenvalue weighted by molar-refractivity contribution is -0.131. The number of carbonyl (C=O) groups excluding carboxylic acids is 4. The molecule has 0 spiro atoms. The van der Waals surface area contributed by atoms with Gasteiger partial charge in [0.05, 0.1) is 51.7 Å². The number of methoxy groups -OCH3 is 1. The Balaban J connectivity index is 1.39. The van der Waals surface area contributed by atoms with Gasteiger partial charge in [-0.3, -0.25) is 24.1 Å². The molecule has 2 aliphatic carbocycles. The lowest BCUT2D eigenvalue weighted by atomic mass is 9.51. The minimum atomic E-state index is -1.38. The van der Waals surface area contributed by atoms with E-state index in [-0.39, 0.29) is 51.9 Å². The molecule has 2 aliphatic heterocycles. The van der Waals surface area contributed by atoms with Gasteiger partial charge in [-0.25, -0.2) is 9.29 Å². The summed E-state index contributed by atoms with van der Waals surface area (Å²) in [6, 6.07) is 13.9. The zero-order chi connectivity index (χ0) is 32.8. The number of rotatable bonds is 4. The number of phenols is 1. The minimum absolute atomic E-state index is 0.0122. The molecule has 3 aromatic rings. The second kappa shape index (κ2) is 11.1. The summed E-state index contributed by atoms with van der Waals surface area (Å²) in [6.07, 6.45) is 2.32. The van der Waals surface area contributed by atoms with Gasteiger partial charge in [0.1, 0.15) is 5.82 Å². The van der Waals surface area contributed by atoms with Crippen molar-refractivity contribution >= 4 is 80.8 Å². The normalized spacial score (nSPS) is 28.7. The van der Waals surface area contributed by atoms with E-state index in [4.69, 9.17) is 27.9 Å². The number of fused-ring (bicyclic) bond motifs is 4. The number of benzene rings is 3. The average Bonchev–Trinajstić information content (AvgIpc) is 3.40. The fraction of sp³-hybridized carbons (Fsp3) is 0.294. The Morgan fingerprint density at radius 1 is 0.913 bits per heavy atom. The molecule has 3 fully saturated rings. The Hall–Kier alpha value is -3.48. The van der Waals surface area contributed by atoms with Gasteiger partial charge in [0, 0.05) is 9.49 Å². The number of carbonyl (C=O) groups is 4. The Bertz CT molecular complexity index is 1900. The summed E-state index contributed by atoms with van der Waals surface area (Å²) in [4.78, 5) is 59.1. The van der Waals surface area contributed by atoms with E-state index in [1.54, 1.807) is 25.1 Å². The third kappa shape index (κ3) is 4.36. The number of imide groups is 2. The molecular formula is C34H26Cl2FIN2O6. The zero-order valence-electron chi connectivity index (χ0n) is 24.5. The van der Waals surface area contributed by atoms with E-state index in [1.807, 2.05) is 18.2 Å². The largest absolute Gasteiger partial charge is 0.503 e. The fourth-order valence-electron chi connectivity index (χ4n) is 8.03. The monoisotopic (exact) mass is 774 g/mol. The van der Waals surface area contributed by atoms with Crippen molar-refractivity contribution in [3.8, 4) is 11.5 Å². The summed E-state index contributed by atoms with van der Waals surface area (Å²) in [5, 5.41) is 10.3. The molecule has 8 nitrogen and oxygen atoms in total. The van der Waals surface area contributed by atoms with E-state index in [2.05, 4.69) is 22.6 Å². The molecular weight excluding hydrogens is 749 g/mol. The molecule has 6 atom stereocenters. The lowest BCUT2D eigenvalue weighted by Gasteiger charge is -2.49. The first-order chi connectivity index (χ1) is 21.9. The molecule has 2 saturated heterocycles. The summed E-state index contributed by atoms with van der Waals surface area (Å²) < 4.78 is 20.5. The first-order valence-electron chi connectivity index (χ1n) is 14.6. The second-order valence-electron chi connectivity index (χ2n) is 12.3. The molecule has 4 aliphatic rings. The van der Waals surface area contributed by atoms with Crippen LogP contribution in [-0.2, 0) is 19.2 Å². The van der Waals surface area contributed by atoms with E-state index in [1.165, 1.54) is 30.2 Å². The van der Waals surface area contributed by atoms with Crippen molar-refractivity contribution in [2.24, 2.45) is 29.1 Å². The van der Waals surface area contributed by atoms with Gasteiger partial charge in [-0.05, 0) is 108 Å². The van der Waals surface area contributed by atoms with Gasteiger partial charge in [0.2, 0.25) is 23.6 Å². The van der Waals surface area contributed by atoms with Crippen LogP contribution in [0.4, 0.5) is 15.8 Å². The van der Waals surface area contributed by atoms with Gasteiger partial charge in [-0.15, -0.1) is 0 Å². The highest BCUT2D eigenvalue weighted by atomic mass is 127. The Labute approximate surface area is 287 Å². The maximum Gasteiger partial charge on any atom is 0.241 e. The SMILES string of the molecule is COc1cc(C2C3=CCC4C(=O)N(c5ccc(I)cc5)C(=O)C4C3CC3C(=O)N(c4ccc(F)c(Cl)c4)C(=O)C32C)cc(Cl)c1O. The van der Waals surface area contributed by atoms with Crippen LogP contribution in [0.15, 0.2) is 66.2 Å². The average molecular weight is 775 g/mol. The van der Waals surface area contributed by atoms with Crippen LogP contribution in [0.25, 0.3) is 0 Å². The molecule has 0 radical (unpaired) electrons. The third-order valence-electron chi connectivity index (χ3n) is 10.1. The summed E-state index contributed by atoms with van der Waals surface area (Å²) >= 11 is 14.7. The minimum Gasteiger partial charge on any atom is -0.503 e. The number of anilines is 2. The van der Waals surface area contributed by atoms with Crippen molar-refractivity contribution in [3.63, 3.8) is 0 Å². The number of halogens is 4. The molecule has 236 valence electrons. The first-order valence-corrected chi connectivity index (χ1v) is 16.4. The molecule has 1 N–H and O–H groups in total. The maximum absolute atomic E-state index is 14.5. The molecule has 3 aromatic carbocycles. The van der Waals surface area contributed by atoms with Crippen LogP contribution in [0, 0.1) is 38.5 Å². The Kier molecular flexibility index (Phi) is 7.48. The quantitative estimate of drug-likeness (QED) is 0.176. The molecule has 4 amide bonds. The van der Waals surface area contributed by atoms with E-state index >= 15 is 0 Å². The van der Waals surface area contributed by atoms with Crippen LogP contribution < -0.4 is 14.5 Å². The molecule has 2 heterocycles. The van der Waals surface area contributed by atoms with Crippen molar-refractivity contribution in [2.45, 2.75) is 25.7 Å².